The Morgan fingerprint density at radius 3 is 1.75 bits per heavy atom. The van der Waals surface area contributed by atoms with Crippen LogP contribution in [0.1, 0.15) is 0 Å². The van der Waals surface area contributed by atoms with Crippen molar-refractivity contribution in [2.24, 2.45) is 0 Å². The topological polar surface area (TPSA) is 87.0 Å². The highest BCUT2D eigenvalue weighted by Crippen LogP contribution is 1.54. The Morgan fingerprint density at radius 2 is 1.75 bits per heavy atom. The Labute approximate surface area is 45.3 Å². The second-order valence-electron chi connectivity index (χ2n) is 0.624. The molecule has 0 aliphatic carbocycles. The van der Waals surface area contributed by atoms with Crippen LogP contribution in [0.2, 0.25) is 0 Å². The molecule has 0 aromatic heterocycles. The van der Waals surface area contributed by atoms with Gasteiger partial charge in [-0.1, -0.05) is 11.6 Å². The first kappa shape index (κ1) is 10.1. The summed E-state index contributed by atoms with van der Waals surface area (Å²) in [5.74, 6) is -0.981. The van der Waals surface area contributed by atoms with E-state index in [0.717, 1.165) is 6.08 Å². The van der Waals surface area contributed by atoms with Crippen molar-refractivity contribution < 1.29 is 25.5 Å². The van der Waals surface area contributed by atoms with Gasteiger partial charge in [0.2, 0.25) is 0 Å². The number of carbonyl (C=O) groups is 1. The van der Waals surface area contributed by atoms with Crippen molar-refractivity contribution in [1.82, 2.24) is 0 Å². The van der Waals surface area contributed by atoms with E-state index < -0.39 is 5.97 Å². The first-order valence-electron chi connectivity index (χ1n) is 1.49. The molecule has 0 atom stereocenters. The van der Waals surface area contributed by atoms with Crippen molar-refractivity contribution in [2.45, 2.75) is 0 Å². The molecule has 0 aromatic carbocycles. The summed E-state index contributed by atoms with van der Waals surface area (Å²) in [6.07, 6.45) is 0.833. The number of carboxylic acid groups (broad SMARTS) is 1. The molecule has 5 nitrogen and oxygen atoms in total. The molecule has 0 aliphatic heterocycles. The van der Waals surface area contributed by atoms with E-state index in [9.17, 15) is 4.79 Å². The van der Waals surface area contributed by atoms with Crippen LogP contribution in [-0.4, -0.2) is 21.6 Å². The normalized spacial score (nSPS) is 6.25. The third-order valence-electron chi connectivity index (χ3n) is 0.175. The minimum absolute atomic E-state index is 0.833. The second-order valence-corrected chi connectivity index (χ2v) is 0.624. The SMILES string of the molecule is C=CC(=O)O.OOO. The molecule has 48 valence electrons. The van der Waals surface area contributed by atoms with Gasteiger partial charge in [0.15, 0.2) is 0 Å². The summed E-state index contributed by atoms with van der Waals surface area (Å²) >= 11 is 0. The van der Waals surface area contributed by atoms with Crippen LogP contribution in [-0.2, 0) is 9.83 Å². The smallest absolute Gasteiger partial charge is 0.327 e. The summed E-state index contributed by atoms with van der Waals surface area (Å²) in [6.45, 7) is 2.96. The highest BCUT2D eigenvalue weighted by molar-refractivity contribution is 5.78. The van der Waals surface area contributed by atoms with E-state index in [-0.39, 0.29) is 0 Å². The van der Waals surface area contributed by atoms with Gasteiger partial charge in [-0.3, -0.25) is 0 Å². The quantitative estimate of drug-likeness (QED) is 0.263. The fraction of sp³-hybridized carbons (Fsp3) is 0. The largest absolute Gasteiger partial charge is 0.478 e. The van der Waals surface area contributed by atoms with Crippen LogP contribution in [0.3, 0.4) is 0 Å². The number of hydrogen-bond acceptors (Lipinski definition) is 4. The number of carboxylic acids is 1. The fourth-order valence-electron chi connectivity index (χ4n) is 0. The van der Waals surface area contributed by atoms with Gasteiger partial charge in [0.05, 0.1) is 0 Å². The van der Waals surface area contributed by atoms with Gasteiger partial charge < -0.3 is 5.11 Å². The van der Waals surface area contributed by atoms with Gasteiger partial charge in [-0.05, 0) is 0 Å². The molecule has 0 bridgehead atoms. The molecule has 0 rings (SSSR count). The Kier molecular flexibility index (Phi) is 12.0. The Morgan fingerprint density at radius 1 is 1.62 bits per heavy atom. The van der Waals surface area contributed by atoms with Crippen molar-refractivity contribution in [1.29, 1.82) is 0 Å². The predicted octanol–water partition coefficient (Wildman–Crippen LogP) is 0.206. The zero-order chi connectivity index (χ0) is 6.99. The van der Waals surface area contributed by atoms with Crippen LogP contribution >= 0.6 is 0 Å². The van der Waals surface area contributed by atoms with Crippen molar-refractivity contribution >= 4 is 5.97 Å². The summed E-state index contributed by atoms with van der Waals surface area (Å²) in [6, 6.07) is 0. The van der Waals surface area contributed by atoms with Gasteiger partial charge >= 0.3 is 5.97 Å². The first-order valence-corrected chi connectivity index (χ1v) is 1.49. The first-order chi connectivity index (χ1) is 3.68. The van der Waals surface area contributed by atoms with E-state index in [0.29, 0.717) is 0 Å². The van der Waals surface area contributed by atoms with E-state index in [1.165, 1.54) is 0 Å². The van der Waals surface area contributed by atoms with Gasteiger partial charge in [-0.2, -0.15) is 0 Å². The summed E-state index contributed by atoms with van der Waals surface area (Å²) in [5, 5.41) is 23.1. The molecule has 0 heterocycles. The highest BCUT2D eigenvalue weighted by atomic mass is 17.4. The summed E-state index contributed by atoms with van der Waals surface area (Å²) in [4.78, 5) is 9.25. The monoisotopic (exact) mass is 122 g/mol. The third kappa shape index (κ3) is 71.7. The van der Waals surface area contributed by atoms with Crippen LogP contribution < -0.4 is 0 Å². The Hall–Kier alpha value is -0.910. The van der Waals surface area contributed by atoms with Gasteiger partial charge in [0.25, 0.3) is 0 Å². The minimum Gasteiger partial charge on any atom is -0.478 e. The maximum absolute atomic E-state index is 9.25. The van der Waals surface area contributed by atoms with Gasteiger partial charge in [0.1, 0.15) is 0 Å². The molecule has 0 radical (unpaired) electrons. The standard InChI is InChI=1S/C3H4O2.H2O3/c1-2-3(4)5;1-3-2/h2H,1H2,(H,4,5);1-2H. The minimum atomic E-state index is -0.981. The molecule has 0 amide bonds. The fourth-order valence-corrected chi connectivity index (χ4v) is 0. The van der Waals surface area contributed by atoms with Crippen LogP contribution in [0.4, 0.5) is 0 Å². The average Bonchev–Trinajstić information content (AvgIpc) is 1.69. The molecule has 0 saturated heterocycles. The lowest BCUT2D eigenvalue weighted by atomic mass is 10.7. The molecule has 0 fully saturated rings. The molecule has 0 saturated carbocycles. The van der Waals surface area contributed by atoms with Crippen LogP contribution in [0.5, 0.6) is 0 Å². The Bertz CT molecular complexity index is 68.1. The van der Waals surface area contributed by atoms with Gasteiger partial charge in [-0.15, -0.1) is 0 Å². The lowest BCUT2D eigenvalue weighted by Crippen LogP contribution is -1.82. The van der Waals surface area contributed by atoms with E-state index in [1.807, 2.05) is 0 Å². The number of aliphatic carboxylic acids is 1. The van der Waals surface area contributed by atoms with E-state index in [2.05, 4.69) is 11.6 Å². The van der Waals surface area contributed by atoms with Crippen LogP contribution in [0.15, 0.2) is 12.7 Å². The predicted molar refractivity (Wildman–Crippen MR) is 24.2 cm³/mol. The Balaban J connectivity index is 0. The van der Waals surface area contributed by atoms with Crippen molar-refractivity contribution in [3.8, 4) is 0 Å². The molecule has 3 N–H and O–H groups in total. The zero-order valence-electron chi connectivity index (χ0n) is 3.94. The summed E-state index contributed by atoms with van der Waals surface area (Å²) in [7, 11) is 0. The van der Waals surface area contributed by atoms with Gasteiger partial charge in [0, 0.05) is 6.08 Å². The third-order valence-corrected chi connectivity index (χ3v) is 0.175. The average molecular weight is 122 g/mol. The van der Waals surface area contributed by atoms with E-state index >= 15 is 0 Å². The van der Waals surface area contributed by atoms with Crippen LogP contribution in [0, 0.1) is 0 Å². The molecule has 0 aromatic rings. The number of rotatable bonds is 1. The number of hydrogen-bond donors (Lipinski definition) is 3. The van der Waals surface area contributed by atoms with E-state index in [1.54, 1.807) is 0 Å². The highest BCUT2D eigenvalue weighted by Gasteiger charge is 1.73. The summed E-state index contributed by atoms with van der Waals surface area (Å²) in [5.41, 5.74) is 0. The second kappa shape index (κ2) is 9.43. The lowest BCUT2D eigenvalue weighted by Gasteiger charge is -1.64. The molecule has 0 spiro atoms. The molecule has 5 heteroatoms. The van der Waals surface area contributed by atoms with Crippen LogP contribution in [0.25, 0.3) is 0 Å². The molecule has 0 unspecified atom stereocenters. The lowest BCUT2D eigenvalue weighted by molar-refractivity contribution is -0.465. The van der Waals surface area contributed by atoms with E-state index in [4.69, 9.17) is 15.6 Å². The van der Waals surface area contributed by atoms with Gasteiger partial charge in [-0.25, -0.2) is 15.3 Å². The summed E-state index contributed by atoms with van der Waals surface area (Å²) < 4.78 is 0. The molecule has 0 aliphatic rings. The van der Waals surface area contributed by atoms with Crippen molar-refractivity contribution in [3.63, 3.8) is 0 Å². The maximum atomic E-state index is 9.25. The molecular weight excluding hydrogens is 116 g/mol. The maximum Gasteiger partial charge on any atom is 0.327 e. The molecular formula is C3H6O5. The van der Waals surface area contributed by atoms with Crippen molar-refractivity contribution in [2.75, 3.05) is 0 Å². The zero-order valence-corrected chi connectivity index (χ0v) is 3.94. The molecule has 8 heavy (non-hydrogen) atoms. The van der Waals surface area contributed by atoms with Crippen molar-refractivity contribution in [3.05, 3.63) is 12.7 Å².